The van der Waals surface area contributed by atoms with Crippen LogP contribution in [-0.2, 0) is 9.53 Å². The van der Waals surface area contributed by atoms with Gasteiger partial charge in [-0.05, 0) is 42.4 Å². The van der Waals surface area contributed by atoms with Crippen molar-refractivity contribution in [2.24, 2.45) is 11.8 Å². The Kier molecular flexibility index (Phi) is 7.18. The number of ether oxygens (including phenoxy) is 1. The maximum atomic E-state index is 13.4. The predicted molar refractivity (Wildman–Crippen MR) is 119 cm³/mol. The van der Waals surface area contributed by atoms with Crippen molar-refractivity contribution in [3.63, 3.8) is 0 Å². The van der Waals surface area contributed by atoms with E-state index in [1.54, 1.807) is 0 Å². The molecule has 2 N–H and O–H groups in total. The number of nitrogens with zero attached hydrogens (tertiary/aromatic N) is 2. The zero-order valence-corrected chi connectivity index (χ0v) is 19.4. The standard InChI is InChI=1S/C22H29BrN4O3/c1-13(2)19(26-22(29)30-4)21(28)27-12-14(3)5-10-18(27)20-24-11-17(25-20)15-6-8-16(23)9-7-15/h6-9,11,13-14,18-19H,5,10,12H2,1-4H3,(H,24,25)(H,26,29). The van der Waals surface area contributed by atoms with Gasteiger partial charge in [0.25, 0.3) is 0 Å². The van der Waals surface area contributed by atoms with E-state index in [2.05, 4.69) is 38.1 Å². The van der Waals surface area contributed by atoms with E-state index < -0.39 is 12.1 Å². The van der Waals surface area contributed by atoms with Crippen molar-refractivity contribution in [2.45, 2.75) is 45.7 Å². The molecule has 3 rings (SSSR count). The fourth-order valence-corrected chi connectivity index (χ4v) is 4.10. The molecule has 0 saturated carbocycles. The minimum Gasteiger partial charge on any atom is -0.453 e. The van der Waals surface area contributed by atoms with Crippen LogP contribution in [0.25, 0.3) is 11.3 Å². The van der Waals surface area contributed by atoms with Crippen LogP contribution >= 0.6 is 15.9 Å². The number of hydrogen-bond acceptors (Lipinski definition) is 4. The number of carbonyl (C=O) groups excluding carboxylic acids is 2. The summed E-state index contributed by atoms with van der Waals surface area (Å²) in [6.45, 7) is 6.60. The summed E-state index contributed by atoms with van der Waals surface area (Å²) in [5.41, 5.74) is 1.95. The third kappa shape index (κ3) is 5.03. The Morgan fingerprint density at radius 1 is 1.27 bits per heavy atom. The number of rotatable bonds is 5. The van der Waals surface area contributed by atoms with Crippen LogP contribution in [0.5, 0.6) is 0 Å². The number of H-pyrrole nitrogens is 1. The smallest absolute Gasteiger partial charge is 0.407 e. The second-order valence-electron chi connectivity index (χ2n) is 8.24. The van der Waals surface area contributed by atoms with Gasteiger partial charge in [-0.2, -0.15) is 0 Å². The molecule has 2 heterocycles. The van der Waals surface area contributed by atoms with Gasteiger partial charge in [0.1, 0.15) is 11.9 Å². The van der Waals surface area contributed by atoms with Gasteiger partial charge in [0.2, 0.25) is 5.91 Å². The van der Waals surface area contributed by atoms with E-state index in [0.29, 0.717) is 12.5 Å². The summed E-state index contributed by atoms with van der Waals surface area (Å²) in [7, 11) is 1.30. The lowest BCUT2D eigenvalue weighted by Gasteiger charge is -2.40. The first-order valence-corrected chi connectivity index (χ1v) is 11.0. The first-order valence-electron chi connectivity index (χ1n) is 10.3. The van der Waals surface area contributed by atoms with Crippen molar-refractivity contribution in [3.8, 4) is 11.3 Å². The van der Waals surface area contributed by atoms with E-state index in [-0.39, 0.29) is 17.9 Å². The number of likely N-dealkylation sites (tertiary alicyclic amines) is 1. The summed E-state index contributed by atoms with van der Waals surface area (Å²) in [5, 5.41) is 2.70. The fraction of sp³-hybridized carbons (Fsp3) is 0.500. The summed E-state index contributed by atoms with van der Waals surface area (Å²) < 4.78 is 5.73. The van der Waals surface area contributed by atoms with E-state index in [1.807, 2.05) is 49.2 Å². The summed E-state index contributed by atoms with van der Waals surface area (Å²) >= 11 is 3.45. The number of nitrogens with one attached hydrogen (secondary N) is 2. The van der Waals surface area contributed by atoms with Crippen molar-refractivity contribution in [1.29, 1.82) is 0 Å². The maximum Gasteiger partial charge on any atom is 0.407 e. The second kappa shape index (κ2) is 9.64. The summed E-state index contributed by atoms with van der Waals surface area (Å²) in [5.74, 6) is 0.990. The molecule has 2 aromatic rings. The molecular weight excluding hydrogens is 448 g/mol. The highest BCUT2D eigenvalue weighted by Crippen LogP contribution is 2.34. The van der Waals surface area contributed by atoms with E-state index in [9.17, 15) is 9.59 Å². The van der Waals surface area contributed by atoms with Gasteiger partial charge < -0.3 is 19.9 Å². The molecule has 3 unspecified atom stereocenters. The SMILES string of the molecule is COC(=O)NC(C(=O)N1CC(C)CCC1c1ncc(-c2ccc(Br)cc2)[nH]1)C(C)C. The number of methoxy groups -OCH3 is 1. The van der Waals surface area contributed by atoms with Crippen LogP contribution in [0.1, 0.15) is 45.5 Å². The molecule has 1 aromatic carbocycles. The van der Waals surface area contributed by atoms with Gasteiger partial charge in [-0.3, -0.25) is 4.79 Å². The van der Waals surface area contributed by atoms with Crippen LogP contribution in [0.15, 0.2) is 34.9 Å². The van der Waals surface area contributed by atoms with Crippen LogP contribution in [0.4, 0.5) is 4.79 Å². The number of benzene rings is 1. The van der Waals surface area contributed by atoms with Gasteiger partial charge >= 0.3 is 6.09 Å². The number of imidazole rings is 1. The van der Waals surface area contributed by atoms with Gasteiger partial charge in [0, 0.05) is 11.0 Å². The molecule has 3 atom stereocenters. The topological polar surface area (TPSA) is 87.3 Å². The number of aromatic amines is 1. The minimum atomic E-state index is -0.647. The lowest BCUT2D eigenvalue weighted by molar-refractivity contribution is -0.139. The monoisotopic (exact) mass is 476 g/mol. The lowest BCUT2D eigenvalue weighted by atomic mass is 9.91. The first kappa shape index (κ1) is 22.3. The zero-order chi connectivity index (χ0) is 21.8. The molecule has 0 spiro atoms. The molecule has 2 amide bonds. The van der Waals surface area contributed by atoms with E-state index >= 15 is 0 Å². The van der Waals surface area contributed by atoms with Gasteiger partial charge in [-0.15, -0.1) is 0 Å². The highest BCUT2D eigenvalue weighted by molar-refractivity contribution is 9.10. The van der Waals surface area contributed by atoms with Crippen molar-refractivity contribution in [2.75, 3.05) is 13.7 Å². The lowest BCUT2D eigenvalue weighted by Crippen LogP contribution is -2.54. The quantitative estimate of drug-likeness (QED) is 0.663. The Morgan fingerprint density at radius 2 is 1.97 bits per heavy atom. The molecule has 1 saturated heterocycles. The van der Waals surface area contributed by atoms with Crippen LogP contribution in [0.3, 0.4) is 0 Å². The number of amides is 2. The zero-order valence-electron chi connectivity index (χ0n) is 17.8. The molecule has 0 bridgehead atoms. The molecule has 1 fully saturated rings. The number of halogens is 1. The van der Waals surface area contributed by atoms with E-state index in [4.69, 9.17) is 4.74 Å². The Bertz CT molecular complexity index is 881. The van der Waals surface area contributed by atoms with Crippen molar-refractivity contribution >= 4 is 27.9 Å². The van der Waals surface area contributed by atoms with Gasteiger partial charge in [0.15, 0.2) is 0 Å². The normalized spacial score (nSPS) is 20.1. The number of alkyl carbamates (subject to hydrolysis) is 1. The van der Waals surface area contributed by atoms with Gasteiger partial charge in [-0.1, -0.05) is 48.8 Å². The molecule has 1 aliphatic rings. The first-order chi connectivity index (χ1) is 14.3. The number of hydrogen-bond donors (Lipinski definition) is 2. The highest BCUT2D eigenvalue weighted by Gasteiger charge is 2.37. The Balaban J connectivity index is 1.86. The summed E-state index contributed by atoms with van der Waals surface area (Å²) in [6.07, 6.45) is 3.05. The molecule has 0 radical (unpaired) electrons. The Hall–Kier alpha value is -2.35. The molecule has 162 valence electrons. The molecule has 7 nitrogen and oxygen atoms in total. The Labute approximate surface area is 185 Å². The largest absolute Gasteiger partial charge is 0.453 e. The van der Waals surface area contributed by atoms with Crippen molar-refractivity contribution < 1.29 is 14.3 Å². The maximum absolute atomic E-state index is 13.4. The van der Waals surface area contributed by atoms with Crippen LogP contribution in [0.2, 0.25) is 0 Å². The summed E-state index contributed by atoms with van der Waals surface area (Å²) in [4.78, 5) is 35.1. The van der Waals surface area contributed by atoms with Crippen LogP contribution in [0, 0.1) is 11.8 Å². The van der Waals surface area contributed by atoms with Crippen LogP contribution in [-0.4, -0.2) is 46.6 Å². The van der Waals surface area contributed by atoms with E-state index in [1.165, 1.54) is 7.11 Å². The summed E-state index contributed by atoms with van der Waals surface area (Å²) in [6, 6.07) is 7.20. The van der Waals surface area contributed by atoms with Gasteiger partial charge in [0.05, 0.1) is 25.0 Å². The van der Waals surface area contributed by atoms with Crippen LogP contribution < -0.4 is 5.32 Å². The number of piperidine rings is 1. The number of carbonyl (C=O) groups is 2. The van der Waals surface area contributed by atoms with Crippen molar-refractivity contribution in [1.82, 2.24) is 20.2 Å². The Morgan fingerprint density at radius 3 is 2.60 bits per heavy atom. The van der Waals surface area contributed by atoms with E-state index in [0.717, 1.165) is 34.4 Å². The fourth-order valence-electron chi connectivity index (χ4n) is 3.84. The third-order valence-corrected chi connectivity index (χ3v) is 6.09. The van der Waals surface area contributed by atoms with Gasteiger partial charge in [-0.25, -0.2) is 9.78 Å². The average Bonchev–Trinajstić information content (AvgIpc) is 3.21. The third-order valence-electron chi connectivity index (χ3n) is 5.56. The predicted octanol–water partition coefficient (Wildman–Crippen LogP) is 4.52. The molecule has 30 heavy (non-hydrogen) atoms. The number of aromatic nitrogens is 2. The molecule has 0 aliphatic carbocycles. The second-order valence-corrected chi connectivity index (χ2v) is 9.15. The van der Waals surface area contributed by atoms with Crippen molar-refractivity contribution in [3.05, 3.63) is 40.8 Å². The molecule has 1 aromatic heterocycles. The molecular formula is C22H29BrN4O3. The highest BCUT2D eigenvalue weighted by atomic mass is 79.9. The molecule has 8 heteroatoms. The molecule has 1 aliphatic heterocycles. The minimum absolute atomic E-state index is 0.0654. The average molecular weight is 477 g/mol.